The molecule has 1 atom stereocenters. The standard InChI is InChI=1S/C23H21NO/c1-3-13-24-21-12-11-17-8-4-5-10-19(17)23(21)20(15-22(24)25)18-9-6-7-16(2)14-18/h3-12,14,20H,1,13,15H2,2H3. The predicted octanol–water partition coefficient (Wildman–Crippen LogP) is 5.20. The number of hydrogen-bond acceptors (Lipinski definition) is 1. The summed E-state index contributed by atoms with van der Waals surface area (Å²) in [5.74, 6) is 0.253. The number of rotatable bonds is 3. The average molecular weight is 327 g/mol. The monoisotopic (exact) mass is 327 g/mol. The first-order chi connectivity index (χ1) is 12.2. The lowest BCUT2D eigenvalue weighted by Crippen LogP contribution is -2.37. The summed E-state index contributed by atoms with van der Waals surface area (Å²) in [5.41, 5.74) is 4.70. The molecule has 25 heavy (non-hydrogen) atoms. The lowest BCUT2D eigenvalue weighted by atomic mass is 9.81. The van der Waals surface area contributed by atoms with Crippen LogP contribution in [0.2, 0.25) is 0 Å². The molecule has 1 heterocycles. The Morgan fingerprint density at radius 1 is 1.12 bits per heavy atom. The number of aryl methyl sites for hydroxylation is 1. The van der Waals surface area contributed by atoms with E-state index in [1.807, 2.05) is 4.90 Å². The summed E-state index contributed by atoms with van der Waals surface area (Å²) < 4.78 is 0. The van der Waals surface area contributed by atoms with Crippen LogP contribution in [0.4, 0.5) is 5.69 Å². The molecule has 0 saturated heterocycles. The van der Waals surface area contributed by atoms with Crippen molar-refractivity contribution in [1.29, 1.82) is 0 Å². The van der Waals surface area contributed by atoms with Crippen LogP contribution in [0.1, 0.15) is 29.0 Å². The van der Waals surface area contributed by atoms with Gasteiger partial charge in [-0.3, -0.25) is 4.79 Å². The Morgan fingerprint density at radius 3 is 2.76 bits per heavy atom. The van der Waals surface area contributed by atoms with Crippen molar-refractivity contribution in [2.75, 3.05) is 11.4 Å². The predicted molar refractivity (Wildman–Crippen MR) is 104 cm³/mol. The summed E-state index contributed by atoms with van der Waals surface area (Å²) in [6.07, 6.45) is 2.29. The van der Waals surface area contributed by atoms with Crippen molar-refractivity contribution >= 4 is 22.4 Å². The minimum absolute atomic E-state index is 0.0922. The number of amides is 1. The Hall–Kier alpha value is -2.87. The van der Waals surface area contributed by atoms with E-state index in [4.69, 9.17) is 0 Å². The van der Waals surface area contributed by atoms with Crippen molar-refractivity contribution in [3.8, 4) is 0 Å². The second-order valence-electron chi connectivity index (χ2n) is 6.68. The maximum Gasteiger partial charge on any atom is 0.228 e. The lowest BCUT2D eigenvalue weighted by molar-refractivity contribution is -0.119. The van der Waals surface area contributed by atoms with Crippen LogP contribution in [0.25, 0.3) is 10.8 Å². The van der Waals surface area contributed by atoms with Gasteiger partial charge in [0.15, 0.2) is 0 Å². The van der Waals surface area contributed by atoms with Crippen LogP contribution < -0.4 is 4.90 Å². The van der Waals surface area contributed by atoms with E-state index in [0.29, 0.717) is 13.0 Å². The van der Waals surface area contributed by atoms with Gasteiger partial charge in [-0.05, 0) is 34.9 Å². The third kappa shape index (κ3) is 2.64. The highest BCUT2D eigenvalue weighted by atomic mass is 16.2. The third-order valence-corrected chi connectivity index (χ3v) is 5.02. The number of anilines is 1. The van der Waals surface area contributed by atoms with Crippen LogP contribution in [0.3, 0.4) is 0 Å². The highest BCUT2D eigenvalue weighted by Gasteiger charge is 2.33. The Bertz CT molecular complexity index is 973. The number of nitrogens with zero attached hydrogens (tertiary/aromatic N) is 1. The minimum atomic E-state index is 0.0922. The first-order valence-corrected chi connectivity index (χ1v) is 8.68. The second-order valence-corrected chi connectivity index (χ2v) is 6.68. The van der Waals surface area contributed by atoms with Crippen molar-refractivity contribution < 1.29 is 4.79 Å². The fraction of sp³-hybridized carbons (Fsp3) is 0.174. The molecule has 2 nitrogen and oxygen atoms in total. The summed E-state index contributed by atoms with van der Waals surface area (Å²) in [5, 5.41) is 2.44. The molecule has 0 bridgehead atoms. The molecular weight excluding hydrogens is 306 g/mol. The van der Waals surface area contributed by atoms with E-state index in [0.717, 1.165) is 5.69 Å². The first-order valence-electron chi connectivity index (χ1n) is 8.68. The number of carbonyl (C=O) groups excluding carboxylic acids is 1. The summed E-state index contributed by atoms with van der Waals surface area (Å²) in [6.45, 7) is 6.47. The maximum atomic E-state index is 12.8. The van der Waals surface area contributed by atoms with Crippen LogP contribution >= 0.6 is 0 Å². The molecule has 4 rings (SSSR count). The van der Waals surface area contributed by atoms with E-state index in [9.17, 15) is 4.79 Å². The number of fused-ring (bicyclic) bond motifs is 3. The summed E-state index contributed by atoms with van der Waals surface area (Å²) in [4.78, 5) is 14.7. The molecule has 1 aliphatic heterocycles. The fourth-order valence-electron chi connectivity index (χ4n) is 3.91. The Morgan fingerprint density at radius 2 is 1.96 bits per heavy atom. The van der Waals surface area contributed by atoms with Crippen LogP contribution in [0.5, 0.6) is 0 Å². The molecule has 0 aliphatic carbocycles. The summed E-state index contributed by atoms with van der Waals surface area (Å²) in [7, 11) is 0. The molecule has 1 aliphatic rings. The van der Waals surface area contributed by atoms with E-state index in [1.165, 1.54) is 27.5 Å². The van der Waals surface area contributed by atoms with Gasteiger partial charge >= 0.3 is 0 Å². The van der Waals surface area contributed by atoms with Crippen LogP contribution in [-0.2, 0) is 4.79 Å². The maximum absolute atomic E-state index is 12.8. The minimum Gasteiger partial charge on any atom is -0.308 e. The normalized spacial score (nSPS) is 16.8. The third-order valence-electron chi connectivity index (χ3n) is 5.02. The van der Waals surface area contributed by atoms with E-state index >= 15 is 0 Å². The number of hydrogen-bond donors (Lipinski definition) is 0. The molecule has 1 unspecified atom stereocenters. The van der Waals surface area contributed by atoms with E-state index in [-0.39, 0.29) is 11.8 Å². The molecule has 0 aromatic heterocycles. The van der Waals surface area contributed by atoms with Gasteiger partial charge in [-0.2, -0.15) is 0 Å². The SMILES string of the molecule is C=CCN1C(=O)CC(c2cccc(C)c2)c2c1ccc1ccccc21. The molecule has 0 N–H and O–H groups in total. The second kappa shape index (κ2) is 6.21. The topological polar surface area (TPSA) is 20.3 Å². The molecular formula is C23H21NO. The van der Waals surface area contributed by atoms with Crippen molar-refractivity contribution in [2.45, 2.75) is 19.3 Å². The summed E-state index contributed by atoms with van der Waals surface area (Å²) in [6, 6.07) is 21.1. The first kappa shape index (κ1) is 15.6. The molecule has 124 valence electrons. The van der Waals surface area contributed by atoms with E-state index < -0.39 is 0 Å². The molecule has 0 radical (unpaired) electrons. The molecule has 1 amide bonds. The Kier molecular flexibility index (Phi) is 3.89. The van der Waals surface area contributed by atoms with Crippen molar-refractivity contribution in [3.63, 3.8) is 0 Å². The van der Waals surface area contributed by atoms with Gasteiger partial charge in [0, 0.05) is 24.6 Å². The molecule has 0 spiro atoms. The van der Waals surface area contributed by atoms with Gasteiger partial charge in [0.2, 0.25) is 5.91 Å². The van der Waals surface area contributed by atoms with Gasteiger partial charge in [0.25, 0.3) is 0 Å². The smallest absolute Gasteiger partial charge is 0.228 e. The Labute approximate surface area is 148 Å². The van der Waals surface area contributed by atoms with E-state index in [2.05, 4.69) is 74.2 Å². The van der Waals surface area contributed by atoms with Gasteiger partial charge in [-0.1, -0.05) is 66.2 Å². The molecule has 3 aromatic rings. The summed E-state index contributed by atoms with van der Waals surface area (Å²) >= 11 is 0. The van der Waals surface area contributed by atoms with E-state index in [1.54, 1.807) is 6.08 Å². The average Bonchev–Trinajstić information content (AvgIpc) is 2.63. The van der Waals surface area contributed by atoms with Crippen molar-refractivity contribution in [1.82, 2.24) is 0 Å². The highest BCUT2D eigenvalue weighted by molar-refractivity contribution is 6.03. The quantitative estimate of drug-likeness (QED) is 0.605. The zero-order valence-corrected chi connectivity index (χ0v) is 14.4. The van der Waals surface area contributed by atoms with Gasteiger partial charge in [0.1, 0.15) is 0 Å². The highest BCUT2D eigenvalue weighted by Crippen LogP contribution is 2.44. The molecule has 2 heteroatoms. The fourth-order valence-corrected chi connectivity index (χ4v) is 3.91. The number of carbonyl (C=O) groups is 1. The molecule has 3 aromatic carbocycles. The van der Waals surface area contributed by atoms with Crippen LogP contribution in [-0.4, -0.2) is 12.5 Å². The van der Waals surface area contributed by atoms with Gasteiger partial charge in [-0.15, -0.1) is 6.58 Å². The lowest BCUT2D eigenvalue weighted by Gasteiger charge is -2.35. The van der Waals surface area contributed by atoms with Gasteiger partial charge < -0.3 is 4.90 Å². The van der Waals surface area contributed by atoms with Crippen molar-refractivity contribution in [3.05, 3.63) is 90.0 Å². The molecule has 0 saturated carbocycles. The number of benzene rings is 3. The zero-order chi connectivity index (χ0) is 17.4. The Balaban J connectivity index is 1.99. The van der Waals surface area contributed by atoms with Gasteiger partial charge in [0.05, 0.1) is 0 Å². The molecule has 0 fully saturated rings. The zero-order valence-electron chi connectivity index (χ0n) is 14.4. The van der Waals surface area contributed by atoms with Crippen LogP contribution in [0.15, 0.2) is 73.3 Å². The largest absolute Gasteiger partial charge is 0.308 e. The van der Waals surface area contributed by atoms with Gasteiger partial charge in [-0.25, -0.2) is 0 Å². The van der Waals surface area contributed by atoms with Crippen LogP contribution in [0, 0.1) is 6.92 Å². The van der Waals surface area contributed by atoms with Crippen molar-refractivity contribution in [2.24, 2.45) is 0 Å².